The molecule has 6 heteroatoms. The molecule has 1 saturated heterocycles. The molecule has 0 aromatic rings. The Morgan fingerprint density at radius 2 is 2.10 bits per heavy atom. The van der Waals surface area contributed by atoms with Crippen molar-refractivity contribution in [2.75, 3.05) is 40.3 Å². The van der Waals surface area contributed by atoms with Crippen LogP contribution < -0.4 is 5.32 Å². The summed E-state index contributed by atoms with van der Waals surface area (Å²) in [5, 5.41) is 11.7. The minimum Gasteiger partial charge on any atom is -0.481 e. The average Bonchev–Trinajstić information content (AvgIpc) is 2.44. The van der Waals surface area contributed by atoms with Gasteiger partial charge < -0.3 is 20.2 Å². The lowest BCUT2D eigenvalue weighted by molar-refractivity contribution is -0.137. The van der Waals surface area contributed by atoms with Gasteiger partial charge in [-0.2, -0.15) is 0 Å². The van der Waals surface area contributed by atoms with Crippen molar-refractivity contribution in [2.24, 2.45) is 5.92 Å². The standard InChI is InChI=1S/C15H29N3O3/c1-17(2)10-4-3-9-16-15(21)18-11-5-6-13(12-18)7-8-14(19)20/h13H,3-12H2,1-2H3,(H,16,21)(H,19,20). The highest BCUT2D eigenvalue weighted by Gasteiger charge is 2.23. The number of carbonyl (C=O) groups is 2. The molecule has 1 heterocycles. The number of hydrogen-bond donors (Lipinski definition) is 2. The molecular formula is C15H29N3O3. The molecule has 0 bridgehead atoms. The van der Waals surface area contributed by atoms with Gasteiger partial charge in [0, 0.05) is 26.1 Å². The van der Waals surface area contributed by atoms with Crippen molar-refractivity contribution in [3.63, 3.8) is 0 Å². The fourth-order valence-electron chi connectivity index (χ4n) is 2.67. The van der Waals surface area contributed by atoms with Gasteiger partial charge in [-0.1, -0.05) is 0 Å². The van der Waals surface area contributed by atoms with Gasteiger partial charge in [-0.05, 0) is 58.7 Å². The minimum atomic E-state index is -0.752. The summed E-state index contributed by atoms with van der Waals surface area (Å²) < 4.78 is 0. The molecule has 1 aliphatic rings. The maximum Gasteiger partial charge on any atom is 0.317 e. The summed E-state index contributed by atoms with van der Waals surface area (Å²) in [5.74, 6) is -0.424. The van der Waals surface area contributed by atoms with E-state index in [1.807, 2.05) is 19.0 Å². The Morgan fingerprint density at radius 1 is 1.33 bits per heavy atom. The van der Waals surface area contributed by atoms with Crippen LogP contribution in [-0.2, 0) is 4.79 Å². The number of carboxylic acid groups (broad SMARTS) is 1. The van der Waals surface area contributed by atoms with Crippen molar-refractivity contribution >= 4 is 12.0 Å². The van der Waals surface area contributed by atoms with Gasteiger partial charge in [-0.15, -0.1) is 0 Å². The summed E-state index contributed by atoms with van der Waals surface area (Å²) in [6.07, 6.45) is 4.93. The van der Waals surface area contributed by atoms with Gasteiger partial charge in [-0.3, -0.25) is 4.79 Å². The molecular weight excluding hydrogens is 270 g/mol. The van der Waals surface area contributed by atoms with E-state index in [0.717, 1.165) is 38.8 Å². The third-order valence-corrected chi connectivity index (χ3v) is 3.88. The topological polar surface area (TPSA) is 72.9 Å². The van der Waals surface area contributed by atoms with Gasteiger partial charge in [0.15, 0.2) is 0 Å². The highest BCUT2D eigenvalue weighted by molar-refractivity contribution is 5.74. The Bertz CT molecular complexity index is 334. The predicted octanol–water partition coefficient (Wildman–Crippen LogP) is 1.61. The van der Waals surface area contributed by atoms with Crippen LogP contribution in [0.5, 0.6) is 0 Å². The second-order valence-corrected chi connectivity index (χ2v) is 6.13. The van der Waals surface area contributed by atoms with Gasteiger partial charge in [-0.25, -0.2) is 4.79 Å². The first-order valence-corrected chi connectivity index (χ1v) is 7.88. The van der Waals surface area contributed by atoms with Crippen LogP contribution in [0.25, 0.3) is 0 Å². The molecule has 1 atom stereocenters. The summed E-state index contributed by atoms with van der Waals surface area (Å²) in [7, 11) is 4.09. The summed E-state index contributed by atoms with van der Waals surface area (Å²) in [4.78, 5) is 26.7. The molecule has 0 aliphatic carbocycles. The maximum absolute atomic E-state index is 12.1. The van der Waals surface area contributed by atoms with Gasteiger partial charge >= 0.3 is 12.0 Å². The molecule has 1 unspecified atom stereocenters. The fourth-order valence-corrected chi connectivity index (χ4v) is 2.67. The van der Waals surface area contributed by atoms with E-state index in [1.165, 1.54) is 0 Å². The first-order chi connectivity index (χ1) is 9.99. The summed E-state index contributed by atoms with van der Waals surface area (Å²) in [6, 6.07) is -0.000113. The molecule has 6 nitrogen and oxygen atoms in total. The van der Waals surface area contributed by atoms with Crippen molar-refractivity contribution in [3.05, 3.63) is 0 Å². The number of carboxylic acids is 1. The molecule has 0 aromatic carbocycles. The number of aliphatic carboxylic acids is 1. The van der Waals surface area contributed by atoms with Crippen molar-refractivity contribution in [3.8, 4) is 0 Å². The van der Waals surface area contributed by atoms with Gasteiger partial charge in [0.25, 0.3) is 0 Å². The summed E-state index contributed by atoms with van der Waals surface area (Å²) in [5.41, 5.74) is 0. The Morgan fingerprint density at radius 3 is 2.76 bits per heavy atom. The number of unbranched alkanes of at least 4 members (excludes halogenated alkanes) is 1. The smallest absolute Gasteiger partial charge is 0.317 e. The van der Waals surface area contributed by atoms with Crippen LogP contribution in [0.4, 0.5) is 4.79 Å². The molecule has 2 amide bonds. The molecule has 1 rings (SSSR count). The molecule has 0 aromatic heterocycles. The van der Waals surface area contributed by atoms with Crippen LogP contribution in [0, 0.1) is 5.92 Å². The van der Waals surface area contributed by atoms with E-state index in [1.54, 1.807) is 0 Å². The number of piperidine rings is 1. The molecule has 0 spiro atoms. The molecule has 0 saturated carbocycles. The second kappa shape index (κ2) is 9.60. The monoisotopic (exact) mass is 299 g/mol. The summed E-state index contributed by atoms with van der Waals surface area (Å²) in [6.45, 7) is 3.23. The van der Waals surface area contributed by atoms with Crippen LogP contribution in [0.1, 0.15) is 38.5 Å². The molecule has 0 radical (unpaired) electrons. The van der Waals surface area contributed by atoms with Crippen molar-refractivity contribution in [1.29, 1.82) is 0 Å². The zero-order valence-corrected chi connectivity index (χ0v) is 13.3. The number of nitrogens with zero attached hydrogens (tertiary/aromatic N) is 2. The fraction of sp³-hybridized carbons (Fsp3) is 0.867. The highest BCUT2D eigenvalue weighted by atomic mass is 16.4. The Balaban J connectivity index is 2.19. The molecule has 21 heavy (non-hydrogen) atoms. The lowest BCUT2D eigenvalue weighted by atomic mass is 9.93. The van der Waals surface area contributed by atoms with Crippen LogP contribution in [0.2, 0.25) is 0 Å². The van der Waals surface area contributed by atoms with E-state index in [2.05, 4.69) is 10.2 Å². The van der Waals surface area contributed by atoms with Gasteiger partial charge in [0.2, 0.25) is 0 Å². The number of rotatable bonds is 8. The molecule has 122 valence electrons. The van der Waals surface area contributed by atoms with E-state index >= 15 is 0 Å². The molecule has 1 fully saturated rings. The summed E-state index contributed by atoms with van der Waals surface area (Å²) >= 11 is 0. The van der Waals surface area contributed by atoms with E-state index in [0.29, 0.717) is 25.4 Å². The van der Waals surface area contributed by atoms with Crippen LogP contribution in [0.15, 0.2) is 0 Å². The number of amides is 2. The zero-order valence-electron chi connectivity index (χ0n) is 13.3. The lowest BCUT2D eigenvalue weighted by Gasteiger charge is -2.32. The quantitative estimate of drug-likeness (QED) is 0.668. The Hall–Kier alpha value is -1.30. The van der Waals surface area contributed by atoms with E-state index < -0.39 is 5.97 Å². The minimum absolute atomic E-state index is 0.000113. The largest absolute Gasteiger partial charge is 0.481 e. The first kappa shape index (κ1) is 17.8. The van der Waals surface area contributed by atoms with Crippen LogP contribution in [-0.4, -0.2) is 67.2 Å². The van der Waals surface area contributed by atoms with Crippen LogP contribution >= 0.6 is 0 Å². The number of urea groups is 1. The first-order valence-electron chi connectivity index (χ1n) is 7.88. The molecule has 1 aliphatic heterocycles. The number of carbonyl (C=O) groups excluding carboxylic acids is 1. The lowest BCUT2D eigenvalue weighted by Crippen LogP contribution is -2.45. The third kappa shape index (κ3) is 7.90. The Labute approximate surface area is 127 Å². The van der Waals surface area contributed by atoms with Crippen LogP contribution in [0.3, 0.4) is 0 Å². The van der Waals surface area contributed by atoms with E-state index in [4.69, 9.17) is 5.11 Å². The third-order valence-electron chi connectivity index (χ3n) is 3.88. The van der Waals surface area contributed by atoms with E-state index in [9.17, 15) is 9.59 Å². The highest BCUT2D eigenvalue weighted by Crippen LogP contribution is 2.20. The van der Waals surface area contributed by atoms with Gasteiger partial charge in [0.1, 0.15) is 0 Å². The number of likely N-dealkylation sites (tertiary alicyclic amines) is 1. The predicted molar refractivity (Wildman–Crippen MR) is 82.4 cm³/mol. The van der Waals surface area contributed by atoms with Gasteiger partial charge in [0.05, 0.1) is 0 Å². The number of hydrogen-bond acceptors (Lipinski definition) is 3. The maximum atomic E-state index is 12.1. The van der Waals surface area contributed by atoms with E-state index in [-0.39, 0.29) is 12.5 Å². The van der Waals surface area contributed by atoms with Crippen molar-refractivity contribution < 1.29 is 14.7 Å². The normalized spacial score (nSPS) is 18.8. The zero-order chi connectivity index (χ0) is 15.7. The Kier molecular flexibility index (Phi) is 8.12. The molecule has 2 N–H and O–H groups in total. The number of nitrogens with one attached hydrogen (secondary N) is 1. The van der Waals surface area contributed by atoms with Crippen molar-refractivity contribution in [1.82, 2.24) is 15.1 Å². The SMILES string of the molecule is CN(C)CCCCNC(=O)N1CCCC(CCC(=O)O)C1. The average molecular weight is 299 g/mol. The second-order valence-electron chi connectivity index (χ2n) is 6.13. The van der Waals surface area contributed by atoms with Crippen molar-refractivity contribution in [2.45, 2.75) is 38.5 Å².